The largest absolute Gasteiger partial charge is 0.365 e. The number of para-hydroxylation sites is 1. The second-order valence-electron chi connectivity index (χ2n) is 5.02. The molecule has 0 bridgehead atoms. The van der Waals surface area contributed by atoms with Gasteiger partial charge < -0.3 is 4.98 Å². The molecule has 25 heavy (non-hydrogen) atoms. The van der Waals surface area contributed by atoms with Crippen LogP contribution in [0.1, 0.15) is 0 Å². The summed E-state index contributed by atoms with van der Waals surface area (Å²) in [5, 5.41) is 3.04. The molecule has 122 valence electrons. The molecule has 2 aromatic heterocycles. The van der Waals surface area contributed by atoms with Crippen LogP contribution in [0.15, 0.2) is 98.2 Å². The van der Waals surface area contributed by atoms with Crippen molar-refractivity contribution in [2.45, 2.75) is 0 Å². The number of H-pyrrole nitrogens is 1. The molecule has 0 amide bonds. The van der Waals surface area contributed by atoms with Gasteiger partial charge in [-0.3, -0.25) is 19.9 Å². The Morgan fingerprint density at radius 2 is 1.36 bits per heavy atom. The second-order valence-corrected chi connectivity index (χ2v) is 5.02. The zero-order chi connectivity index (χ0) is 17.2. The van der Waals surface area contributed by atoms with Crippen LogP contribution in [0.4, 0.5) is 0 Å². The van der Waals surface area contributed by atoms with E-state index in [0.29, 0.717) is 0 Å². The van der Waals surface area contributed by atoms with Gasteiger partial charge in [-0.15, -0.1) is 0 Å². The Balaban J connectivity index is 2.27. The van der Waals surface area contributed by atoms with Gasteiger partial charge in [-0.05, 0) is 18.2 Å². The maximum atomic E-state index is 4.51. The fourth-order valence-electron chi connectivity index (χ4n) is 2.23. The van der Waals surface area contributed by atoms with E-state index in [2.05, 4.69) is 24.9 Å². The van der Waals surface area contributed by atoms with Gasteiger partial charge in [0.1, 0.15) is 0 Å². The molecule has 0 fully saturated rings. The van der Waals surface area contributed by atoms with Crippen molar-refractivity contribution in [2.75, 3.05) is 0 Å². The summed E-state index contributed by atoms with van der Waals surface area (Å²) in [6.45, 7) is 0. The fraction of sp³-hybridized carbons (Fsp3) is 0. The maximum absolute atomic E-state index is 4.51. The lowest BCUT2D eigenvalue weighted by Gasteiger charge is -1.99. The van der Waals surface area contributed by atoms with E-state index >= 15 is 0 Å². The quantitative estimate of drug-likeness (QED) is 0.669. The topological polar surface area (TPSA) is 67.3 Å². The molecule has 0 radical (unpaired) electrons. The van der Waals surface area contributed by atoms with E-state index in [-0.39, 0.29) is 0 Å². The van der Waals surface area contributed by atoms with Crippen molar-refractivity contribution in [1.82, 2.24) is 24.9 Å². The molecule has 2 heterocycles. The van der Waals surface area contributed by atoms with Crippen LogP contribution >= 0.6 is 0 Å². The van der Waals surface area contributed by atoms with Crippen molar-refractivity contribution in [3.63, 3.8) is 0 Å². The minimum Gasteiger partial charge on any atom is -0.365 e. The van der Waals surface area contributed by atoms with Gasteiger partial charge in [-0.2, -0.15) is 0 Å². The Labute approximate surface area is 145 Å². The molecule has 0 saturated heterocycles. The molecule has 0 spiro atoms. The summed E-state index contributed by atoms with van der Waals surface area (Å²) in [7, 11) is 0. The van der Waals surface area contributed by atoms with Crippen LogP contribution in [0.5, 0.6) is 0 Å². The third-order valence-electron chi connectivity index (χ3n) is 3.36. The normalized spacial score (nSPS) is 9.60. The van der Waals surface area contributed by atoms with Crippen molar-refractivity contribution >= 4 is 21.7 Å². The van der Waals surface area contributed by atoms with E-state index < -0.39 is 0 Å². The molecule has 0 aliphatic heterocycles. The Kier molecular flexibility index (Phi) is 5.78. The van der Waals surface area contributed by atoms with Crippen LogP contribution in [0, 0.1) is 0 Å². The lowest BCUT2D eigenvalue weighted by atomic mass is 10.1. The van der Waals surface area contributed by atoms with Gasteiger partial charge in [0.05, 0.1) is 5.52 Å². The molecule has 1 N–H and O–H groups in total. The molecule has 1 aromatic carbocycles. The second kappa shape index (κ2) is 8.88. The Bertz CT molecular complexity index is 1030. The van der Waals surface area contributed by atoms with Crippen molar-refractivity contribution in [1.29, 1.82) is 0 Å². The van der Waals surface area contributed by atoms with Crippen LogP contribution in [-0.2, 0) is 0 Å². The fourth-order valence-corrected chi connectivity index (χ4v) is 2.23. The van der Waals surface area contributed by atoms with Crippen molar-refractivity contribution in [2.24, 2.45) is 0 Å². The first-order valence-corrected chi connectivity index (χ1v) is 7.80. The van der Waals surface area contributed by atoms with Gasteiger partial charge in [0, 0.05) is 71.9 Å². The first-order chi connectivity index (χ1) is 12.4. The van der Waals surface area contributed by atoms with E-state index in [0.717, 1.165) is 21.7 Å². The third-order valence-corrected chi connectivity index (χ3v) is 3.36. The minimum absolute atomic E-state index is 0.936. The summed E-state index contributed by atoms with van der Waals surface area (Å²) in [5.41, 5.74) is 0.936. The van der Waals surface area contributed by atoms with Gasteiger partial charge in [-0.25, -0.2) is 0 Å². The van der Waals surface area contributed by atoms with Gasteiger partial charge >= 0.3 is 0 Å². The zero-order valence-corrected chi connectivity index (χ0v) is 13.5. The molecular weight excluding hydrogens is 310 g/mol. The Morgan fingerprint density at radius 3 is 2.24 bits per heavy atom. The highest BCUT2D eigenvalue weighted by atomic mass is 14.7. The van der Waals surface area contributed by atoms with E-state index in [1.807, 2.05) is 48.8 Å². The van der Waals surface area contributed by atoms with E-state index in [9.17, 15) is 0 Å². The van der Waals surface area contributed by atoms with E-state index in [4.69, 9.17) is 0 Å². The average Bonchev–Trinajstić information content (AvgIpc) is 2.65. The number of aromatic nitrogens is 5. The molecule has 5 heteroatoms. The summed E-state index contributed by atoms with van der Waals surface area (Å²) < 4.78 is 0. The van der Waals surface area contributed by atoms with Crippen LogP contribution in [0.25, 0.3) is 21.7 Å². The molecule has 0 unspecified atom stereocenters. The molecule has 0 saturated carbocycles. The van der Waals surface area contributed by atoms with E-state index in [1.54, 1.807) is 49.4 Å². The maximum Gasteiger partial charge on any atom is 0.0709 e. The third kappa shape index (κ3) is 4.68. The first kappa shape index (κ1) is 16.3. The van der Waals surface area contributed by atoms with Crippen LogP contribution in [-0.4, -0.2) is 24.9 Å². The van der Waals surface area contributed by atoms with Gasteiger partial charge in [0.15, 0.2) is 0 Å². The van der Waals surface area contributed by atoms with Crippen molar-refractivity contribution in [3.05, 3.63) is 98.2 Å². The standard InChI is InChI=1S/C20H17N5/c1-2-7-20-18(6-1)19-16-24-10-4-9-22-12-14-23-13-11-21-8-3-5-17(19)15-25-20/h1-16,23H. The van der Waals surface area contributed by atoms with E-state index in [1.165, 1.54) is 0 Å². The number of benzene rings is 1. The monoisotopic (exact) mass is 327 g/mol. The molecule has 3 aromatic rings. The summed E-state index contributed by atoms with van der Waals surface area (Å²) in [6.07, 6.45) is 15.5. The highest BCUT2D eigenvalue weighted by molar-refractivity contribution is 6.04. The molecule has 5 nitrogen and oxygen atoms in total. The number of nitrogens with one attached hydrogen (secondary N) is 1. The van der Waals surface area contributed by atoms with Gasteiger partial charge in [0.2, 0.25) is 0 Å². The highest BCUT2D eigenvalue weighted by Gasteiger charge is 1.98. The number of hydrogen-bond acceptors (Lipinski definition) is 4. The van der Waals surface area contributed by atoms with Crippen molar-refractivity contribution < 1.29 is 0 Å². The number of aromatic amines is 1. The van der Waals surface area contributed by atoms with Crippen LogP contribution in [0.2, 0.25) is 0 Å². The summed E-state index contributed by atoms with van der Waals surface area (Å²) >= 11 is 0. The minimum atomic E-state index is 0.936. The summed E-state index contributed by atoms with van der Waals surface area (Å²) in [4.78, 5) is 20.1. The predicted molar refractivity (Wildman–Crippen MR) is 99.9 cm³/mol. The van der Waals surface area contributed by atoms with Crippen LogP contribution < -0.4 is 0 Å². The SMILES string of the molecule is c1cncc[nH]ccncccc2cnc3ccccc3c2cnc1. The van der Waals surface area contributed by atoms with Crippen LogP contribution in [0.3, 0.4) is 0 Å². The molecule has 0 aliphatic rings. The number of nitrogens with zero attached hydrogens (tertiary/aromatic N) is 4. The average molecular weight is 327 g/mol. The molecular formula is C20H17N5. The molecule has 0 aliphatic carbocycles. The summed E-state index contributed by atoms with van der Waals surface area (Å²) in [6, 6.07) is 13.6. The highest BCUT2D eigenvalue weighted by Crippen LogP contribution is 2.20. The van der Waals surface area contributed by atoms with Crippen molar-refractivity contribution in [3.8, 4) is 0 Å². The lowest BCUT2D eigenvalue weighted by Crippen LogP contribution is -1.80. The number of hydrogen-bond donors (Lipinski definition) is 1. The molecule has 3 rings (SSSR count). The van der Waals surface area contributed by atoms with Gasteiger partial charge in [0.25, 0.3) is 0 Å². The Morgan fingerprint density at radius 1 is 0.600 bits per heavy atom. The number of rotatable bonds is 0. The molecule has 0 atom stereocenters. The Hall–Kier alpha value is -3.60. The number of pyridine rings is 1. The zero-order valence-electron chi connectivity index (χ0n) is 13.5. The lowest BCUT2D eigenvalue weighted by molar-refractivity contribution is 1.24. The smallest absolute Gasteiger partial charge is 0.0709 e. The predicted octanol–water partition coefficient (Wildman–Crippen LogP) is 4.27. The number of fused-ring (bicyclic) bond motifs is 3. The van der Waals surface area contributed by atoms with Gasteiger partial charge in [-0.1, -0.05) is 24.3 Å². The first-order valence-electron chi connectivity index (χ1n) is 7.80. The summed E-state index contributed by atoms with van der Waals surface area (Å²) in [5.74, 6) is 0.